The maximum absolute atomic E-state index is 13.2. The van der Waals surface area contributed by atoms with Crippen molar-refractivity contribution in [3.8, 4) is 11.3 Å². The van der Waals surface area contributed by atoms with E-state index in [1.54, 1.807) is 36.4 Å². The molecule has 108 valence electrons. The van der Waals surface area contributed by atoms with E-state index >= 15 is 0 Å². The van der Waals surface area contributed by atoms with Crippen LogP contribution in [0.15, 0.2) is 66.9 Å². The fourth-order valence-corrected chi connectivity index (χ4v) is 2.16. The van der Waals surface area contributed by atoms with Crippen LogP contribution in [0.5, 0.6) is 0 Å². The molecule has 0 unspecified atom stereocenters. The smallest absolute Gasteiger partial charge is 0.194 e. The molecule has 0 saturated carbocycles. The normalized spacial score (nSPS) is 10.5. The number of hydrogen-bond donors (Lipinski definition) is 0. The first-order valence-corrected chi connectivity index (χ1v) is 6.66. The van der Waals surface area contributed by atoms with E-state index in [0.717, 1.165) is 6.07 Å². The van der Waals surface area contributed by atoms with E-state index in [1.807, 2.05) is 6.07 Å². The molecule has 0 fully saturated rings. The summed E-state index contributed by atoms with van der Waals surface area (Å²) in [6.45, 7) is 0. The maximum Gasteiger partial charge on any atom is 0.194 e. The molecule has 1 heterocycles. The van der Waals surface area contributed by atoms with Gasteiger partial charge < -0.3 is 0 Å². The summed E-state index contributed by atoms with van der Waals surface area (Å²) in [6, 6.07) is 15.2. The molecule has 2 aromatic carbocycles. The fraction of sp³-hybridized carbons (Fsp3) is 0. The van der Waals surface area contributed by atoms with Gasteiger partial charge in [0.25, 0.3) is 0 Å². The average molecular weight is 295 g/mol. The summed E-state index contributed by atoms with van der Waals surface area (Å²) in [4.78, 5) is 16.4. The molecule has 0 saturated heterocycles. The number of benzene rings is 2. The van der Waals surface area contributed by atoms with Crippen LogP contribution in [-0.4, -0.2) is 10.8 Å². The van der Waals surface area contributed by atoms with Crippen molar-refractivity contribution in [2.45, 2.75) is 0 Å². The Bertz CT molecular complexity index is 794. The minimum atomic E-state index is -0.666. The van der Waals surface area contributed by atoms with Crippen molar-refractivity contribution in [2.24, 2.45) is 0 Å². The Balaban J connectivity index is 1.91. The third-order valence-electron chi connectivity index (χ3n) is 3.22. The van der Waals surface area contributed by atoms with Crippen molar-refractivity contribution in [2.75, 3.05) is 0 Å². The van der Waals surface area contributed by atoms with Crippen LogP contribution in [0.3, 0.4) is 0 Å². The van der Waals surface area contributed by atoms with Gasteiger partial charge in [-0.1, -0.05) is 30.3 Å². The zero-order chi connectivity index (χ0) is 15.5. The predicted octanol–water partition coefficient (Wildman–Crippen LogP) is 4.26. The van der Waals surface area contributed by atoms with Crippen LogP contribution in [0, 0.1) is 11.6 Å². The molecule has 22 heavy (non-hydrogen) atoms. The number of hydrogen-bond acceptors (Lipinski definition) is 2. The minimum absolute atomic E-state index is 0.148. The van der Waals surface area contributed by atoms with E-state index in [2.05, 4.69) is 4.98 Å². The molecule has 0 N–H and O–H groups in total. The van der Waals surface area contributed by atoms with Crippen LogP contribution in [0.1, 0.15) is 15.9 Å². The van der Waals surface area contributed by atoms with Gasteiger partial charge in [-0.15, -0.1) is 0 Å². The summed E-state index contributed by atoms with van der Waals surface area (Å²) >= 11 is 0. The Morgan fingerprint density at radius 2 is 1.50 bits per heavy atom. The first-order chi connectivity index (χ1) is 10.6. The van der Waals surface area contributed by atoms with Crippen LogP contribution in [0.25, 0.3) is 11.3 Å². The van der Waals surface area contributed by atoms with Crippen LogP contribution in [0.4, 0.5) is 8.78 Å². The first-order valence-electron chi connectivity index (χ1n) is 6.66. The zero-order valence-electron chi connectivity index (χ0n) is 11.5. The van der Waals surface area contributed by atoms with Gasteiger partial charge >= 0.3 is 0 Å². The lowest BCUT2D eigenvalue weighted by molar-refractivity contribution is 0.103. The van der Waals surface area contributed by atoms with E-state index in [-0.39, 0.29) is 5.78 Å². The highest BCUT2D eigenvalue weighted by Gasteiger charge is 2.10. The Morgan fingerprint density at radius 3 is 2.09 bits per heavy atom. The van der Waals surface area contributed by atoms with E-state index in [0.29, 0.717) is 22.4 Å². The topological polar surface area (TPSA) is 30.0 Å². The van der Waals surface area contributed by atoms with E-state index in [1.165, 1.54) is 18.3 Å². The van der Waals surface area contributed by atoms with Gasteiger partial charge in [-0.2, -0.15) is 0 Å². The van der Waals surface area contributed by atoms with E-state index < -0.39 is 11.6 Å². The molecule has 0 bridgehead atoms. The summed E-state index contributed by atoms with van der Waals surface area (Å²) in [5.41, 5.74) is 1.72. The van der Waals surface area contributed by atoms with Crippen LogP contribution < -0.4 is 0 Å². The van der Waals surface area contributed by atoms with Gasteiger partial charge in [0.2, 0.25) is 0 Å². The molecule has 0 aliphatic rings. The Morgan fingerprint density at radius 1 is 0.818 bits per heavy atom. The second kappa shape index (κ2) is 5.85. The summed E-state index contributed by atoms with van der Waals surface area (Å²) in [5.74, 6) is -1.48. The Hall–Kier alpha value is -2.88. The molecule has 0 atom stereocenters. The predicted molar refractivity (Wildman–Crippen MR) is 79.5 cm³/mol. The van der Waals surface area contributed by atoms with Gasteiger partial charge in [0.15, 0.2) is 5.78 Å². The number of nitrogens with zero attached hydrogens (tertiary/aromatic N) is 1. The van der Waals surface area contributed by atoms with E-state index in [9.17, 15) is 13.6 Å². The monoisotopic (exact) mass is 295 g/mol. The summed E-state index contributed by atoms with van der Waals surface area (Å²) < 4.78 is 26.4. The number of carbonyl (C=O) groups is 1. The second-order valence-corrected chi connectivity index (χ2v) is 4.79. The van der Waals surface area contributed by atoms with Crippen molar-refractivity contribution in [3.05, 3.63) is 89.6 Å². The molecule has 4 heteroatoms. The van der Waals surface area contributed by atoms with Crippen molar-refractivity contribution >= 4 is 5.78 Å². The molecule has 0 radical (unpaired) electrons. The molecule has 3 rings (SSSR count). The van der Waals surface area contributed by atoms with Gasteiger partial charge in [-0.25, -0.2) is 8.78 Å². The number of rotatable bonds is 3. The Labute approximate surface area is 126 Å². The Kier molecular flexibility index (Phi) is 3.74. The van der Waals surface area contributed by atoms with Crippen LogP contribution >= 0.6 is 0 Å². The number of halogens is 2. The first kappa shape index (κ1) is 14.1. The summed E-state index contributed by atoms with van der Waals surface area (Å²) in [5, 5.41) is 0. The summed E-state index contributed by atoms with van der Waals surface area (Å²) in [6.07, 6.45) is 1.41. The van der Waals surface area contributed by atoms with Crippen molar-refractivity contribution in [1.82, 2.24) is 4.98 Å². The molecule has 3 aromatic rings. The quantitative estimate of drug-likeness (QED) is 0.676. The highest BCUT2D eigenvalue weighted by atomic mass is 19.1. The molecule has 2 nitrogen and oxygen atoms in total. The molecule has 0 aliphatic carbocycles. The van der Waals surface area contributed by atoms with Crippen molar-refractivity contribution in [1.29, 1.82) is 0 Å². The third-order valence-corrected chi connectivity index (χ3v) is 3.22. The van der Waals surface area contributed by atoms with Gasteiger partial charge in [0, 0.05) is 29.0 Å². The molecular weight excluding hydrogens is 284 g/mol. The third kappa shape index (κ3) is 2.91. The zero-order valence-corrected chi connectivity index (χ0v) is 11.5. The van der Waals surface area contributed by atoms with Gasteiger partial charge in [0.1, 0.15) is 11.6 Å². The minimum Gasteiger partial charge on any atom is -0.289 e. The number of ketones is 1. The standard InChI is InChI=1S/C18H11F2NO/c19-15-8-14(9-16(20)10-15)17-7-6-13(11-21-17)18(22)12-4-2-1-3-5-12/h1-11H. The van der Waals surface area contributed by atoms with Crippen molar-refractivity contribution < 1.29 is 13.6 Å². The molecule has 0 aliphatic heterocycles. The largest absolute Gasteiger partial charge is 0.289 e. The second-order valence-electron chi connectivity index (χ2n) is 4.79. The van der Waals surface area contributed by atoms with Crippen molar-refractivity contribution in [3.63, 3.8) is 0 Å². The molecular formula is C18H11F2NO. The lowest BCUT2D eigenvalue weighted by Gasteiger charge is -2.04. The average Bonchev–Trinajstić information content (AvgIpc) is 2.54. The van der Waals surface area contributed by atoms with Gasteiger partial charge in [0.05, 0.1) is 5.69 Å². The molecule has 0 amide bonds. The SMILES string of the molecule is O=C(c1ccccc1)c1ccc(-c2cc(F)cc(F)c2)nc1. The highest BCUT2D eigenvalue weighted by Crippen LogP contribution is 2.20. The van der Waals surface area contributed by atoms with Crippen LogP contribution in [0.2, 0.25) is 0 Å². The highest BCUT2D eigenvalue weighted by molar-refractivity contribution is 6.08. The molecule has 1 aromatic heterocycles. The van der Waals surface area contributed by atoms with Gasteiger partial charge in [-0.3, -0.25) is 9.78 Å². The lowest BCUT2D eigenvalue weighted by atomic mass is 10.0. The molecule has 0 spiro atoms. The van der Waals surface area contributed by atoms with E-state index in [4.69, 9.17) is 0 Å². The maximum atomic E-state index is 13.2. The van der Waals surface area contributed by atoms with Crippen LogP contribution in [-0.2, 0) is 0 Å². The number of aromatic nitrogens is 1. The number of carbonyl (C=O) groups excluding carboxylic acids is 1. The lowest BCUT2D eigenvalue weighted by Crippen LogP contribution is -2.01. The fourth-order valence-electron chi connectivity index (χ4n) is 2.16. The summed E-state index contributed by atoms with van der Waals surface area (Å²) in [7, 11) is 0. The van der Waals surface area contributed by atoms with Gasteiger partial charge in [-0.05, 0) is 24.3 Å². The number of pyridine rings is 1.